The van der Waals surface area contributed by atoms with E-state index >= 15 is 0 Å². The van der Waals surface area contributed by atoms with E-state index < -0.39 is 17.6 Å². The van der Waals surface area contributed by atoms with Crippen LogP contribution < -0.4 is 19.8 Å². The molecule has 160 valence electrons. The van der Waals surface area contributed by atoms with Gasteiger partial charge in [-0.3, -0.25) is 4.79 Å². The van der Waals surface area contributed by atoms with Gasteiger partial charge in [0, 0.05) is 13.0 Å². The Morgan fingerprint density at radius 3 is 2.48 bits per heavy atom. The van der Waals surface area contributed by atoms with Crippen LogP contribution in [0.25, 0.3) is 11.0 Å². The summed E-state index contributed by atoms with van der Waals surface area (Å²) in [6, 6.07) is 12.8. The monoisotopic (exact) mass is 422 g/mol. The van der Waals surface area contributed by atoms with Gasteiger partial charge in [-0.2, -0.15) is 0 Å². The number of allylic oxidation sites excluding steroid dienone is 1. The van der Waals surface area contributed by atoms with Gasteiger partial charge in [-0.25, -0.2) is 9.59 Å². The number of benzene rings is 2. The lowest BCUT2D eigenvalue weighted by Gasteiger charge is -2.13. The van der Waals surface area contributed by atoms with Gasteiger partial charge in [0.2, 0.25) is 5.75 Å². The highest BCUT2D eigenvalue weighted by Crippen LogP contribution is 2.35. The van der Waals surface area contributed by atoms with E-state index in [4.69, 9.17) is 18.6 Å². The number of carbonyl (C=O) groups excluding carboxylic acids is 2. The molecule has 0 aliphatic rings. The molecule has 0 bridgehead atoms. The quantitative estimate of drug-likeness (QED) is 0.171. The first-order chi connectivity index (χ1) is 15.0. The maximum Gasteiger partial charge on any atom is 0.383 e. The van der Waals surface area contributed by atoms with Crippen molar-refractivity contribution in [3.05, 3.63) is 76.7 Å². The summed E-state index contributed by atoms with van der Waals surface area (Å²) in [6.45, 7) is 3.48. The van der Waals surface area contributed by atoms with Gasteiger partial charge in [-0.15, -0.1) is 0 Å². The lowest BCUT2D eigenvalue weighted by molar-refractivity contribution is -0.131. The molecule has 0 amide bonds. The number of esters is 2. The zero-order chi connectivity index (χ0) is 22.2. The molecule has 1 heterocycles. The summed E-state index contributed by atoms with van der Waals surface area (Å²) in [4.78, 5) is 36.5. The van der Waals surface area contributed by atoms with Gasteiger partial charge >= 0.3 is 17.6 Å². The summed E-state index contributed by atoms with van der Waals surface area (Å²) < 4.78 is 21.6. The predicted molar refractivity (Wildman–Crippen MR) is 115 cm³/mol. The molecule has 0 atom stereocenters. The predicted octanol–water partition coefficient (Wildman–Crippen LogP) is 4.67. The van der Waals surface area contributed by atoms with Gasteiger partial charge in [0.25, 0.3) is 0 Å². The number of hydrogen-bond acceptors (Lipinski definition) is 7. The van der Waals surface area contributed by atoms with Gasteiger partial charge in [0.1, 0.15) is 11.3 Å². The minimum Gasteiger partial charge on any atom is -0.484 e. The summed E-state index contributed by atoms with van der Waals surface area (Å²) in [5.74, 6) is -1.21. The Morgan fingerprint density at radius 1 is 1.00 bits per heavy atom. The molecule has 0 spiro atoms. The molecule has 0 aliphatic heterocycles. The van der Waals surface area contributed by atoms with Crippen LogP contribution in [0, 0.1) is 0 Å². The molecule has 0 saturated carbocycles. The molecule has 3 aromatic rings. The Kier molecular flexibility index (Phi) is 7.22. The third-order valence-electron chi connectivity index (χ3n) is 4.19. The Labute approximate surface area is 178 Å². The van der Waals surface area contributed by atoms with Crippen LogP contribution in [0.5, 0.6) is 17.2 Å². The van der Waals surface area contributed by atoms with Gasteiger partial charge in [-0.1, -0.05) is 37.3 Å². The van der Waals surface area contributed by atoms with Crippen LogP contribution in [0.4, 0.5) is 0 Å². The second-order valence-corrected chi connectivity index (χ2v) is 6.57. The first-order valence-electron chi connectivity index (χ1n) is 9.84. The standard InChI is InChI=1S/C24H22O7/c1-3-4-5-9-14-28-22-21(31-23(26)17-10-7-6-8-11-17)19-13-12-18(29-16(2)25)15-20(19)30-24(22)27/h4-8,10-13,15H,3,9,14H2,1-2H3. The Bertz CT molecular complexity index is 1160. The van der Waals surface area contributed by atoms with Crippen molar-refractivity contribution in [3.63, 3.8) is 0 Å². The normalized spacial score (nSPS) is 10.9. The second kappa shape index (κ2) is 10.2. The SMILES string of the molecule is CCC=CCCOc1c(OC(=O)c2ccccc2)c2ccc(OC(C)=O)cc2oc1=O. The van der Waals surface area contributed by atoms with E-state index in [1.54, 1.807) is 30.3 Å². The lowest BCUT2D eigenvalue weighted by Crippen LogP contribution is -2.15. The number of carbonyl (C=O) groups is 2. The highest BCUT2D eigenvalue weighted by molar-refractivity contribution is 5.95. The largest absolute Gasteiger partial charge is 0.484 e. The van der Waals surface area contributed by atoms with Gasteiger partial charge < -0.3 is 18.6 Å². The van der Waals surface area contributed by atoms with Crippen LogP contribution in [0.2, 0.25) is 0 Å². The van der Waals surface area contributed by atoms with Crippen molar-refractivity contribution in [2.45, 2.75) is 26.7 Å². The fourth-order valence-electron chi connectivity index (χ4n) is 2.83. The zero-order valence-electron chi connectivity index (χ0n) is 17.3. The first kappa shape index (κ1) is 21.8. The average molecular weight is 422 g/mol. The van der Waals surface area contributed by atoms with Gasteiger partial charge in [0.15, 0.2) is 5.75 Å². The van der Waals surface area contributed by atoms with E-state index in [-0.39, 0.29) is 29.4 Å². The summed E-state index contributed by atoms with van der Waals surface area (Å²) in [6.07, 6.45) is 5.38. The number of rotatable bonds is 8. The van der Waals surface area contributed by atoms with Crippen LogP contribution in [-0.4, -0.2) is 18.5 Å². The van der Waals surface area contributed by atoms with E-state index in [1.807, 2.05) is 19.1 Å². The van der Waals surface area contributed by atoms with E-state index in [9.17, 15) is 14.4 Å². The van der Waals surface area contributed by atoms with Crippen LogP contribution in [0.1, 0.15) is 37.0 Å². The molecule has 1 aromatic heterocycles. The Morgan fingerprint density at radius 2 is 1.77 bits per heavy atom. The summed E-state index contributed by atoms with van der Waals surface area (Å²) in [5.41, 5.74) is -0.391. The van der Waals surface area contributed by atoms with E-state index in [2.05, 4.69) is 0 Å². The topological polar surface area (TPSA) is 92.0 Å². The molecule has 3 rings (SSSR count). The fourth-order valence-corrected chi connectivity index (χ4v) is 2.83. The Hall–Kier alpha value is -3.87. The van der Waals surface area contributed by atoms with Gasteiger partial charge in [0.05, 0.1) is 17.6 Å². The molecule has 0 aliphatic carbocycles. The maximum atomic E-state index is 12.7. The molecule has 0 N–H and O–H groups in total. The summed E-state index contributed by atoms with van der Waals surface area (Å²) >= 11 is 0. The van der Waals surface area contributed by atoms with Crippen LogP contribution in [0.3, 0.4) is 0 Å². The van der Waals surface area contributed by atoms with Crippen LogP contribution >= 0.6 is 0 Å². The third kappa shape index (κ3) is 5.60. The first-order valence-corrected chi connectivity index (χ1v) is 9.84. The fraction of sp³-hybridized carbons (Fsp3) is 0.208. The molecule has 0 saturated heterocycles. The summed E-state index contributed by atoms with van der Waals surface area (Å²) in [7, 11) is 0. The summed E-state index contributed by atoms with van der Waals surface area (Å²) in [5, 5.41) is 0.332. The average Bonchev–Trinajstić information content (AvgIpc) is 2.75. The minimum atomic E-state index is -0.803. The Balaban J connectivity index is 2.02. The minimum absolute atomic E-state index is 0.0473. The molecule has 0 radical (unpaired) electrons. The van der Waals surface area contributed by atoms with E-state index in [0.29, 0.717) is 17.4 Å². The lowest BCUT2D eigenvalue weighted by atomic mass is 10.2. The molecule has 7 nitrogen and oxygen atoms in total. The van der Waals surface area contributed by atoms with Crippen molar-refractivity contribution in [1.29, 1.82) is 0 Å². The van der Waals surface area contributed by atoms with Crippen molar-refractivity contribution in [3.8, 4) is 17.2 Å². The second-order valence-electron chi connectivity index (χ2n) is 6.57. The van der Waals surface area contributed by atoms with Crippen molar-refractivity contribution in [2.75, 3.05) is 6.61 Å². The van der Waals surface area contributed by atoms with Crippen molar-refractivity contribution < 1.29 is 28.2 Å². The molecule has 7 heteroatoms. The highest BCUT2D eigenvalue weighted by Gasteiger charge is 2.22. The molecule has 0 fully saturated rings. The highest BCUT2D eigenvalue weighted by atomic mass is 16.6. The molecular weight excluding hydrogens is 400 g/mol. The van der Waals surface area contributed by atoms with Crippen LogP contribution in [-0.2, 0) is 4.79 Å². The van der Waals surface area contributed by atoms with Crippen molar-refractivity contribution >= 4 is 22.9 Å². The third-order valence-corrected chi connectivity index (χ3v) is 4.19. The van der Waals surface area contributed by atoms with Crippen molar-refractivity contribution in [2.24, 2.45) is 0 Å². The van der Waals surface area contributed by atoms with E-state index in [0.717, 1.165) is 6.42 Å². The smallest absolute Gasteiger partial charge is 0.383 e. The number of hydrogen-bond donors (Lipinski definition) is 0. The number of fused-ring (bicyclic) bond motifs is 1. The number of ether oxygens (including phenoxy) is 3. The zero-order valence-corrected chi connectivity index (χ0v) is 17.3. The van der Waals surface area contributed by atoms with E-state index in [1.165, 1.54) is 25.1 Å². The molecular formula is C24H22O7. The maximum absolute atomic E-state index is 12.7. The molecule has 2 aromatic carbocycles. The van der Waals surface area contributed by atoms with Crippen LogP contribution in [0.15, 0.2) is 69.9 Å². The molecule has 0 unspecified atom stereocenters. The molecule has 31 heavy (non-hydrogen) atoms. The van der Waals surface area contributed by atoms with Gasteiger partial charge in [-0.05, 0) is 37.1 Å². The van der Waals surface area contributed by atoms with Crippen molar-refractivity contribution in [1.82, 2.24) is 0 Å².